The van der Waals surface area contributed by atoms with Crippen LogP contribution in [0.15, 0.2) is 57.0 Å². The molecule has 3 aromatic rings. The van der Waals surface area contributed by atoms with Gasteiger partial charge in [0.15, 0.2) is 0 Å². The van der Waals surface area contributed by atoms with Gasteiger partial charge in [-0.15, -0.1) is 0 Å². The first-order valence-electron chi connectivity index (χ1n) is 8.07. The van der Waals surface area contributed by atoms with Crippen LogP contribution in [0.4, 0.5) is 0 Å². The van der Waals surface area contributed by atoms with Crippen LogP contribution >= 0.6 is 0 Å². The molecule has 0 unspecified atom stereocenters. The van der Waals surface area contributed by atoms with E-state index >= 15 is 0 Å². The number of hydrogen-bond acceptors (Lipinski definition) is 5. The number of nitrogens with zero attached hydrogens (tertiary/aromatic N) is 2. The molecule has 25 heavy (non-hydrogen) atoms. The molecule has 1 aromatic carbocycles. The summed E-state index contributed by atoms with van der Waals surface area (Å²) in [6.45, 7) is 0.747. The molecule has 0 amide bonds. The van der Waals surface area contributed by atoms with Crippen molar-refractivity contribution in [3.05, 3.63) is 58.8 Å². The highest BCUT2D eigenvalue weighted by atomic mass is 32.2. The SMILES string of the molecule is O=c1cc(C2CCN(S(=O)(=O)c3cc4ccccc4o3)CC2)nc[nH]1. The molecule has 1 N–H and O–H groups in total. The van der Waals surface area contributed by atoms with Crippen molar-refractivity contribution in [3.63, 3.8) is 0 Å². The Morgan fingerprint density at radius 3 is 2.64 bits per heavy atom. The zero-order valence-electron chi connectivity index (χ0n) is 13.4. The first kappa shape index (κ1) is 16.0. The van der Waals surface area contributed by atoms with Crippen LogP contribution in [0, 0.1) is 0 Å². The fourth-order valence-corrected chi connectivity index (χ4v) is 4.63. The normalized spacial score (nSPS) is 17.1. The molecular weight excluding hydrogens is 342 g/mol. The fourth-order valence-electron chi connectivity index (χ4n) is 3.21. The number of nitrogens with one attached hydrogen (secondary N) is 1. The Labute approximate surface area is 144 Å². The molecule has 8 heteroatoms. The van der Waals surface area contributed by atoms with Gasteiger partial charge < -0.3 is 9.40 Å². The molecule has 7 nitrogen and oxygen atoms in total. The summed E-state index contributed by atoms with van der Waals surface area (Å²) >= 11 is 0. The van der Waals surface area contributed by atoms with Crippen LogP contribution in [-0.2, 0) is 10.0 Å². The van der Waals surface area contributed by atoms with E-state index in [9.17, 15) is 13.2 Å². The number of para-hydroxylation sites is 1. The summed E-state index contributed by atoms with van der Waals surface area (Å²) < 4.78 is 32.6. The largest absolute Gasteiger partial charge is 0.443 e. The van der Waals surface area contributed by atoms with Crippen molar-refractivity contribution >= 4 is 21.0 Å². The van der Waals surface area contributed by atoms with Gasteiger partial charge in [0.1, 0.15) is 5.58 Å². The lowest BCUT2D eigenvalue weighted by Gasteiger charge is -2.30. The molecule has 1 aliphatic rings. The molecule has 1 saturated heterocycles. The van der Waals surface area contributed by atoms with Crippen LogP contribution in [0.3, 0.4) is 0 Å². The highest BCUT2D eigenvalue weighted by Crippen LogP contribution is 2.31. The molecule has 0 bridgehead atoms. The van der Waals surface area contributed by atoms with Gasteiger partial charge in [-0.2, -0.15) is 4.31 Å². The first-order valence-corrected chi connectivity index (χ1v) is 9.51. The molecular formula is C17H17N3O4S. The summed E-state index contributed by atoms with van der Waals surface area (Å²) in [5.41, 5.74) is 1.08. The second-order valence-corrected chi connectivity index (χ2v) is 7.99. The number of furan rings is 1. The van der Waals surface area contributed by atoms with Crippen molar-refractivity contribution in [1.29, 1.82) is 0 Å². The molecule has 2 aromatic heterocycles. The number of rotatable bonds is 3. The zero-order valence-corrected chi connectivity index (χ0v) is 14.2. The molecule has 0 atom stereocenters. The maximum Gasteiger partial charge on any atom is 0.276 e. The van der Waals surface area contributed by atoms with E-state index in [1.54, 1.807) is 12.1 Å². The third-order valence-corrected chi connectivity index (χ3v) is 6.32. The van der Waals surface area contributed by atoms with Crippen molar-refractivity contribution in [2.24, 2.45) is 0 Å². The highest BCUT2D eigenvalue weighted by Gasteiger charge is 2.32. The Bertz CT molecular complexity index is 1030. The lowest BCUT2D eigenvalue weighted by atomic mass is 9.94. The van der Waals surface area contributed by atoms with Crippen LogP contribution in [0.2, 0.25) is 0 Å². The molecule has 0 radical (unpaired) electrons. The summed E-state index contributed by atoms with van der Waals surface area (Å²) in [5.74, 6) is 0.0874. The van der Waals surface area contributed by atoms with Gasteiger partial charge in [0.2, 0.25) is 5.09 Å². The van der Waals surface area contributed by atoms with E-state index in [-0.39, 0.29) is 16.6 Å². The number of H-pyrrole nitrogens is 1. The van der Waals surface area contributed by atoms with E-state index in [0.717, 1.165) is 5.39 Å². The van der Waals surface area contributed by atoms with Gasteiger partial charge in [0, 0.05) is 36.5 Å². The molecule has 0 spiro atoms. The van der Waals surface area contributed by atoms with E-state index in [1.807, 2.05) is 18.2 Å². The van der Waals surface area contributed by atoms with Gasteiger partial charge in [0.25, 0.3) is 15.6 Å². The molecule has 0 saturated carbocycles. The standard InChI is InChI=1S/C17H17N3O4S/c21-16-10-14(18-11-19-16)12-5-7-20(8-6-12)25(22,23)17-9-13-3-1-2-4-15(13)24-17/h1-4,9-12H,5-8H2,(H,18,19,21). The molecule has 0 aliphatic carbocycles. The van der Waals surface area contributed by atoms with Crippen LogP contribution in [0.1, 0.15) is 24.5 Å². The second-order valence-electron chi connectivity index (χ2n) is 6.12. The van der Waals surface area contributed by atoms with Crippen molar-refractivity contribution in [1.82, 2.24) is 14.3 Å². The maximum absolute atomic E-state index is 12.8. The number of benzene rings is 1. The predicted octanol–water partition coefficient (Wildman–Crippen LogP) is 2.08. The summed E-state index contributed by atoms with van der Waals surface area (Å²) in [6.07, 6.45) is 2.63. The Morgan fingerprint density at radius 2 is 1.92 bits per heavy atom. The summed E-state index contributed by atoms with van der Waals surface area (Å²) in [7, 11) is -3.66. The molecule has 130 valence electrons. The predicted molar refractivity (Wildman–Crippen MR) is 91.8 cm³/mol. The number of aromatic nitrogens is 2. The van der Waals surface area contributed by atoms with Gasteiger partial charge in [-0.05, 0) is 18.9 Å². The van der Waals surface area contributed by atoms with Crippen LogP contribution < -0.4 is 5.56 Å². The van der Waals surface area contributed by atoms with Gasteiger partial charge in [-0.3, -0.25) is 4.79 Å². The van der Waals surface area contributed by atoms with E-state index < -0.39 is 10.0 Å². The van der Waals surface area contributed by atoms with E-state index in [2.05, 4.69) is 9.97 Å². The fraction of sp³-hybridized carbons (Fsp3) is 0.294. The van der Waals surface area contributed by atoms with Gasteiger partial charge in [0.05, 0.1) is 12.0 Å². The van der Waals surface area contributed by atoms with Crippen LogP contribution in [0.25, 0.3) is 11.0 Å². The lowest BCUT2D eigenvalue weighted by molar-refractivity contribution is 0.308. The molecule has 4 rings (SSSR count). The zero-order chi connectivity index (χ0) is 17.4. The van der Waals surface area contributed by atoms with E-state index in [1.165, 1.54) is 16.7 Å². The number of fused-ring (bicyclic) bond motifs is 1. The minimum absolute atomic E-state index is 0.0265. The summed E-state index contributed by atoms with van der Waals surface area (Å²) in [6, 6.07) is 10.3. The molecule has 1 fully saturated rings. The quantitative estimate of drug-likeness (QED) is 0.772. The van der Waals surface area contributed by atoms with Crippen molar-refractivity contribution in [2.75, 3.05) is 13.1 Å². The minimum Gasteiger partial charge on any atom is -0.443 e. The van der Waals surface area contributed by atoms with E-state index in [4.69, 9.17) is 4.42 Å². The Morgan fingerprint density at radius 1 is 1.16 bits per heavy atom. The number of hydrogen-bond donors (Lipinski definition) is 1. The lowest BCUT2D eigenvalue weighted by Crippen LogP contribution is -2.38. The Balaban J connectivity index is 1.54. The topological polar surface area (TPSA) is 96.3 Å². The van der Waals surface area contributed by atoms with Gasteiger partial charge >= 0.3 is 0 Å². The first-order chi connectivity index (χ1) is 12.0. The van der Waals surface area contributed by atoms with Crippen LogP contribution in [0.5, 0.6) is 0 Å². The van der Waals surface area contributed by atoms with Gasteiger partial charge in [-0.25, -0.2) is 13.4 Å². The monoisotopic (exact) mass is 359 g/mol. The molecule has 1 aliphatic heterocycles. The summed E-state index contributed by atoms with van der Waals surface area (Å²) in [4.78, 5) is 18.1. The number of aromatic amines is 1. The van der Waals surface area contributed by atoms with E-state index in [0.29, 0.717) is 37.2 Å². The smallest absolute Gasteiger partial charge is 0.276 e. The average Bonchev–Trinajstić information content (AvgIpc) is 3.07. The molecule has 3 heterocycles. The third kappa shape index (κ3) is 2.98. The average molecular weight is 359 g/mol. The Kier molecular flexibility index (Phi) is 3.93. The highest BCUT2D eigenvalue weighted by molar-refractivity contribution is 7.89. The second kappa shape index (κ2) is 6.12. The van der Waals surface area contributed by atoms with Crippen LogP contribution in [-0.4, -0.2) is 35.8 Å². The number of piperidine rings is 1. The van der Waals surface area contributed by atoms with Crippen molar-refractivity contribution < 1.29 is 12.8 Å². The maximum atomic E-state index is 12.8. The third-order valence-electron chi connectivity index (χ3n) is 4.57. The minimum atomic E-state index is -3.66. The number of sulfonamides is 1. The summed E-state index contributed by atoms with van der Waals surface area (Å²) in [5, 5.41) is 0.741. The van der Waals surface area contributed by atoms with Gasteiger partial charge in [-0.1, -0.05) is 18.2 Å². The Hall–Kier alpha value is -2.45. The van der Waals surface area contributed by atoms with Crippen molar-refractivity contribution in [3.8, 4) is 0 Å². The van der Waals surface area contributed by atoms with Crippen molar-refractivity contribution in [2.45, 2.75) is 23.9 Å².